The Labute approximate surface area is 102 Å². The van der Waals surface area contributed by atoms with E-state index in [1.807, 2.05) is 0 Å². The molecule has 1 aromatic carbocycles. The smallest absolute Gasteiger partial charge is 0.172 e. The fraction of sp³-hybridized carbons (Fsp3) is 0.154. The SMILES string of the molecule is CCC(=O)c1ccc(-c2cc(F)cc(F)c2)s1. The molecule has 0 aliphatic rings. The molecule has 1 heterocycles. The van der Waals surface area contributed by atoms with Gasteiger partial charge in [0, 0.05) is 17.4 Å². The number of halogens is 2. The van der Waals surface area contributed by atoms with Crippen molar-refractivity contribution in [3.63, 3.8) is 0 Å². The predicted octanol–water partition coefficient (Wildman–Crippen LogP) is 4.29. The van der Waals surface area contributed by atoms with Gasteiger partial charge in [0.25, 0.3) is 0 Å². The molecule has 0 saturated heterocycles. The number of rotatable bonds is 3. The molecule has 0 aliphatic carbocycles. The molecule has 0 unspecified atom stereocenters. The van der Waals surface area contributed by atoms with Gasteiger partial charge in [-0.1, -0.05) is 6.92 Å². The van der Waals surface area contributed by atoms with Crippen LogP contribution in [-0.2, 0) is 0 Å². The van der Waals surface area contributed by atoms with Gasteiger partial charge in [-0.2, -0.15) is 0 Å². The molecule has 4 heteroatoms. The maximum Gasteiger partial charge on any atom is 0.172 e. The van der Waals surface area contributed by atoms with E-state index in [2.05, 4.69) is 0 Å². The average Bonchev–Trinajstić information content (AvgIpc) is 2.76. The number of hydrogen-bond acceptors (Lipinski definition) is 2. The summed E-state index contributed by atoms with van der Waals surface area (Å²) in [7, 11) is 0. The normalized spacial score (nSPS) is 10.5. The summed E-state index contributed by atoms with van der Waals surface area (Å²) in [6, 6.07) is 6.75. The van der Waals surface area contributed by atoms with Gasteiger partial charge in [0.1, 0.15) is 11.6 Å². The molecule has 17 heavy (non-hydrogen) atoms. The van der Waals surface area contributed by atoms with Crippen LogP contribution in [0.2, 0.25) is 0 Å². The van der Waals surface area contributed by atoms with Crippen molar-refractivity contribution >= 4 is 17.1 Å². The Hall–Kier alpha value is -1.55. The molecule has 0 fully saturated rings. The van der Waals surface area contributed by atoms with Crippen molar-refractivity contribution in [3.05, 3.63) is 46.8 Å². The fourth-order valence-electron chi connectivity index (χ4n) is 1.51. The summed E-state index contributed by atoms with van der Waals surface area (Å²) in [5.74, 6) is -1.19. The third-order valence-electron chi connectivity index (χ3n) is 2.35. The van der Waals surface area contributed by atoms with Gasteiger partial charge in [-0.3, -0.25) is 4.79 Å². The van der Waals surface area contributed by atoms with Crippen molar-refractivity contribution < 1.29 is 13.6 Å². The van der Waals surface area contributed by atoms with Gasteiger partial charge in [0.05, 0.1) is 4.88 Å². The molecule has 1 nitrogen and oxygen atoms in total. The van der Waals surface area contributed by atoms with Crippen LogP contribution in [0.5, 0.6) is 0 Å². The highest BCUT2D eigenvalue weighted by molar-refractivity contribution is 7.17. The summed E-state index contributed by atoms with van der Waals surface area (Å²) in [4.78, 5) is 12.8. The summed E-state index contributed by atoms with van der Waals surface area (Å²) >= 11 is 1.25. The lowest BCUT2D eigenvalue weighted by Crippen LogP contribution is -1.90. The zero-order valence-electron chi connectivity index (χ0n) is 9.17. The highest BCUT2D eigenvalue weighted by Gasteiger charge is 2.10. The molecule has 0 saturated carbocycles. The first-order valence-corrected chi connectivity index (χ1v) is 6.01. The zero-order chi connectivity index (χ0) is 12.4. The van der Waals surface area contributed by atoms with E-state index in [1.54, 1.807) is 19.1 Å². The van der Waals surface area contributed by atoms with Gasteiger partial charge >= 0.3 is 0 Å². The number of hydrogen-bond donors (Lipinski definition) is 0. The third-order valence-corrected chi connectivity index (χ3v) is 3.52. The quantitative estimate of drug-likeness (QED) is 0.745. The Balaban J connectivity index is 2.40. The van der Waals surface area contributed by atoms with Crippen molar-refractivity contribution in [1.82, 2.24) is 0 Å². The molecule has 0 atom stereocenters. The van der Waals surface area contributed by atoms with Gasteiger partial charge in [-0.05, 0) is 29.8 Å². The van der Waals surface area contributed by atoms with E-state index in [0.717, 1.165) is 6.07 Å². The van der Waals surface area contributed by atoms with Crippen LogP contribution >= 0.6 is 11.3 Å². The lowest BCUT2D eigenvalue weighted by molar-refractivity contribution is 0.0992. The van der Waals surface area contributed by atoms with Crippen LogP contribution in [-0.4, -0.2) is 5.78 Å². The maximum absolute atomic E-state index is 13.0. The minimum absolute atomic E-state index is 0.0399. The number of carbonyl (C=O) groups excluding carboxylic acids is 1. The summed E-state index contributed by atoms with van der Waals surface area (Å²) in [6.45, 7) is 1.78. The molecule has 0 amide bonds. The number of ketones is 1. The van der Waals surface area contributed by atoms with E-state index < -0.39 is 11.6 Å². The molecular formula is C13H10F2OS. The van der Waals surface area contributed by atoms with Gasteiger partial charge < -0.3 is 0 Å². The van der Waals surface area contributed by atoms with E-state index >= 15 is 0 Å². The lowest BCUT2D eigenvalue weighted by Gasteiger charge is -1.98. The second-order valence-corrected chi connectivity index (χ2v) is 4.68. The molecule has 88 valence electrons. The number of carbonyl (C=O) groups is 1. The first-order chi connectivity index (χ1) is 8.10. The predicted molar refractivity (Wildman–Crippen MR) is 64.3 cm³/mol. The second-order valence-electron chi connectivity index (χ2n) is 3.60. The van der Waals surface area contributed by atoms with Crippen LogP contribution in [0.15, 0.2) is 30.3 Å². The summed E-state index contributed by atoms with van der Waals surface area (Å²) in [5, 5.41) is 0. The van der Waals surface area contributed by atoms with Gasteiger partial charge in [-0.15, -0.1) is 11.3 Å². The van der Waals surface area contributed by atoms with Gasteiger partial charge in [-0.25, -0.2) is 8.78 Å². The minimum Gasteiger partial charge on any atom is -0.293 e. The van der Waals surface area contributed by atoms with Crippen molar-refractivity contribution in [2.24, 2.45) is 0 Å². The molecule has 1 aromatic heterocycles. The lowest BCUT2D eigenvalue weighted by atomic mass is 10.2. The molecule has 0 spiro atoms. The molecule has 0 aliphatic heterocycles. The molecule has 0 radical (unpaired) electrons. The zero-order valence-corrected chi connectivity index (χ0v) is 9.98. The number of Topliss-reactive ketones (excluding diaryl/α,β-unsaturated/α-hetero) is 1. The van der Waals surface area contributed by atoms with Crippen LogP contribution in [0.25, 0.3) is 10.4 Å². The Morgan fingerprint density at radius 3 is 2.41 bits per heavy atom. The van der Waals surface area contributed by atoms with Crippen LogP contribution in [0.3, 0.4) is 0 Å². The topological polar surface area (TPSA) is 17.1 Å². The Bertz CT molecular complexity index is 540. The molecule has 2 rings (SSSR count). The van der Waals surface area contributed by atoms with E-state index in [4.69, 9.17) is 0 Å². The minimum atomic E-state index is -0.614. The van der Waals surface area contributed by atoms with E-state index in [0.29, 0.717) is 21.7 Å². The van der Waals surface area contributed by atoms with Crippen LogP contribution in [0, 0.1) is 11.6 Å². The van der Waals surface area contributed by atoms with E-state index in [-0.39, 0.29) is 5.78 Å². The highest BCUT2D eigenvalue weighted by atomic mass is 32.1. The molecule has 0 N–H and O–H groups in total. The Morgan fingerprint density at radius 1 is 1.18 bits per heavy atom. The standard InChI is InChI=1S/C13H10F2OS/c1-2-11(16)13-4-3-12(17-13)8-5-9(14)7-10(15)6-8/h3-7H,2H2,1H3. The maximum atomic E-state index is 13.0. The van der Waals surface area contributed by atoms with Crippen molar-refractivity contribution in [2.75, 3.05) is 0 Å². The van der Waals surface area contributed by atoms with E-state index in [1.165, 1.54) is 23.5 Å². The van der Waals surface area contributed by atoms with Crippen LogP contribution < -0.4 is 0 Å². The second kappa shape index (κ2) is 4.75. The fourth-order valence-corrected chi connectivity index (χ4v) is 2.52. The molecule has 2 aromatic rings. The number of thiophene rings is 1. The largest absolute Gasteiger partial charge is 0.293 e. The third kappa shape index (κ3) is 2.58. The summed E-state index contributed by atoms with van der Waals surface area (Å²) < 4.78 is 26.1. The monoisotopic (exact) mass is 252 g/mol. The Morgan fingerprint density at radius 2 is 1.82 bits per heavy atom. The van der Waals surface area contributed by atoms with Gasteiger partial charge in [0.2, 0.25) is 0 Å². The first-order valence-electron chi connectivity index (χ1n) is 5.19. The molecule has 0 bridgehead atoms. The van der Waals surface area contributed by atoms with Crippen LogP contribution in [0.4, 0.5) is 8.78 Å². The Kier molecular flexibility index (Phi) is 3.33. The van der Waals surface area contributed by atoms with E-state index in [9.17, 15) is 13.6 Å². The average molecular weight is 252 g/mol. The summed E-state index contributed by atoms with van der Waals surface area (Å²) in [6.07, 6.45) is 0.428. The van der Waals surface area contributed by atoms with Crippen molar-refractivity contribution in [2.45, 2.75) is 13.3 Å². The highest BCUT2D eigenvalue weighted by Crippen LogP contribution is 2.29. The first kappa shape index (κ1) is 11.9. The summed E-state index contributed by atoms with van der Waals surface area (Å²) in [5.41, 5.74) is 0.461. The van der Waals surface area contributed by atoms with Crippen molar-refractivity contribution in [1.29, 1.82) is 0 Å². The molecular weight excluding hydrogens is 242 g/mol. The van der Waals surface area contributed by atoms with Crippen molar-refractivity contribution in [3.8, 4) is 10.4 Å². The number of benzene rings is 1. The van der Waals surface area contributed by atoms with Gasteiger partial charge in [0.15, 0.2) is 5.78 Å². The van der Waals surface area contributed by atoms with Crippen LogP contribution in [0.1, 0.15) is 23.0 Å².